The average Bonchev–Trinajstić information content (AvgIpc) is 3.09. The third-order valence-electron chi connectivity index (χ3n) is 4.78. The molecule has 1 saturated heterocycles. The quantitative estimate of drug-likeness (QED) is 0.903. The van der Waals surface area contributed by atoms with E-state index in [1.54, 1.807) is 6.20 Å². The van der Waals surface area contributed by atoms with Crippen molar-refractivity contribution in [1.29, 1.82) is 0 Å². The lowest BCUT2D eigenvalue weighted by atomic mass is 9.97. The second-order valence-electron chi connectivity index (χ2n) is 7.46. The molecule has 1 amide bonds. The highest BCUT2D eigenvalue weighted by Crippen LogP contribution is 2.32. The molecule has 2 aromatic rings. The molecule has 25 heavy (non-hydrogen) atoms. The average molecular weight is 338 g/mol. The summed E-state index contributed by atoms with van der Waals surface area (Å²) in [5.41, 5.74) is 2.22. The summed E-state index contributed by atoms with van der Waals surface area (Å²) < 4.78 is 0. The molecule has 132 valence electrons. The number of benzene rings is 1. The maximum Gasteiger partial charge on any atom is 0.254 e. The summed E-state index contributed by atoms with van der Waals surface area (Å²) in [4.78, 5) is 19.2. The largest absolute Gasteiger partial charge is 0.390 e. The van der Waals surface area contributed by atoms with E-state index in [0.29, 0.717) is 6.42 Å². The van der Waals surface area contributed by atoms with E-state index in [-0.39, 0.29) is 11.9 Å². The number of carbonyl (C=O) groups excluding carboxylic acids is 1. The highest BCUT2D eigenvalue weighted by molar-refractivity contribution is 5.94. The van der Waals surface area contributed by atoms with Crippen molar-refractivity contribution in [3.8, 4) is 0 Å². The topological polar surface area (TPSA) is 53.4 Å². The van der Waals surface area contributed by atoms with Crippen LogP contribution in [0.25, 0.3) is 0 Å². The summed E-state index contributed by atoms with van der Waals surface area (Å²) in [7, 11) is 0. The minimum atomic E-state index is -0.694. The number of hydrogen-bond acceptors (Lipinski definition) is 3. The van der Waals surface area contributed by atoms with Crippen LogP contribution in [-0.4, -0.2) is 33.0 Å². The van der Waals surface area contributed by atoms with Crippen LogP contribution in [-0.2, 0) is 6.42 Å². The highest BCUT2D eigenvalue weighted by atomic mass is 16.3. The van der Waals surface area contributed by atoms with E-state index in [1.165, 1.54) is 0 Å². The normalized spacial score (nSPS) is 17.7. The van der Waals surface area contributed by atoms with Crippen LogP contribution in [0, 0.1) is 0 Å². The number of rotatable bonds is 5. The zero-order valence-electron chi connectivity index (χ0n) is 15.0. The molecule has 1 aromatic carbocycles. The van der Waals surface area contributed by atoms with Gasteiger partial charge in [0.25, 0.3) is 5.91 Å². The van der Waals surface area contributed by atoms with Gasteiger partial charge in [0.15, 0.2) is 0 Å². The van der Waals surface area contributed by atoms with E-state index in [4.69, 9.17) is 0 Å². The second kappa shape index (κ2) is 7.36. The minimum Gasteiger partial charge on any atom is -0.390 e. The Bertz CT molecular complexity index is 722. The summed E-state index contributed by atoms with van der Waals surface area (Å²) in [6.07, 6.45) is 7.05. The molecule has 1 atom stereocenters. The monoisotopic (exact) mass is 338 g/mol. The number of aliphatic hydroxyl groups is 1. The van der Waals surface area contributed by atoms with Crippen LogP contribution in [0.2, 0.25) is 0 Å². The zero-order chi connectivity index (χ0) is 17.9. The van der Waals surface area contributed by atoms with Crippen LogP contribution in [0.3, 0.4) is 0 Å². The number of nitrogens with zero attached hydrogens (tertiary/aromatic N) is 2. The maximum atomic E-state index is 13.0. The Morgan fingerprint density at radius 2 is 2.16 bits per heavy atom. The fourth-order valence-corrected chi connectivity index (χ4v) is 3.41. The van der Waals surface area contributed by atoms with Gasteiger partial charge in [-0.15, -0.1) is 0 Å². The molecule has 0 radical (unpaired) electrons. The predicted octanol–water partition coefficient (Wildman–Crippen LogP) is 3.76. The second-order valence-corrected chi connectivity index (χ2v) is 7.46. The first-order valence-electron chi connectivity index (χ1n) is 8.96. The fourth-order valence-electron chi connectivity index (χ4n) is 3.41. The van der Waals surface area contributed by atoms with Gasteiger partial charge in [0.1, 0.15) is 0 Å². The summed E-state index contributed by atoms with van der Waals surface area (Å²) in [6, 6.07) is 11.9. The number of pyridine rings is 1. The number of hydrogen-bond donors (Lipinski definition) is 1. The van der Waals surface area contributed by atoms with Gasteiger partial charge in [0, 0.05) is 24.5 Å². The summed E-state index contributed by atoms with van der Waals surface area (Å²) in [6.45, 7) is 4.40. The van der Waals surface area contributed by atoms with Crippen LogP contribution in [0.4, 0.5) is 0 Å². The van der Waals surface area contributed by atoms with E-state index in [9.17, 15) is 9.90 Å². The third-order valence-corrected chi connectivity index (χ3v) is 4.78. The van der Waals surface area contributed by atoms with Crippen molar-refractivity contribution in [3.63, 3.8) is 0 Å². The molecule has 1 aromatic heterocycles. The SMILES string of the molecule is CC(C)(O)CCc1cccc(C(=O)N2CCCC2c2cccnc2)c1. The van der Waals surface area contributed by atoms with Gasteiger partial charge >= 0.3 is 0 Å². The Balaban J connectivity index is 1.76. The number of amides is 1. The van der Waals surface area contributed by atoms with Crippen LogP contribution in [0.5, 0.6) is 0 Å². The molecule has 4 nitrogen and oxygen atoms in total. The van der Waals surface area contributed by atoms with Crippen molar-refractivity contribution in [2.24, 2.45) is 0 Å². The van der Waals surface area contributed by atoms with Gasteiger partial charge in [-0.3, -0.25) is 9.78 Å². The van der Waals surface area contributed by atoms with Crippen LogP contribution in [0.15, 0.2) is 48.8 Å². The molecule has 4 heteroatoms. The predicted molar refractivity (Wildman–Crippen MR) is 98.3 cm³/mol. The number of carbonyl (C=O) groups is 1. The molecule has 0 spiro atoms. The van der Waals surface area contributed by atoms with Crippen molar-refractivity contribution in [2.45, 2.75) is 51.2 Å². The molecule has 0 aliphatic carbocycles. The first-order chi connectivity index (χ1) is 11.9. The summed E-state index contributed by atoms with van der Waals surface area (Å²) >= 11 is 0. The molecular weight excluding hydrogens is 312 g/mol. The van der Waals surface area contributed by atoms with Gasteiger partial charge in [-0.2, -0.15) is 0 Å². The fraction of sp³-hybridized carbons (Fsp3) is 0.429. The smallest absolute Gasteiger partial charge is 0.254 e. The molecule has 3 rings (SSSR count). The van der Waals surface area contributed by atoms with Gasteiger partial charge in [-0.25, -0.2) is 0 Å². The standard InChI is InChI=1S/C21H26N2O2/c1-21(2,25)11-10-16-6-3-7-17(14-16)20(24)23-13-5-9-19(23)18-8-4-12-22-15-18/h3-4,6-8,12,14-15,19,25H,5,9-11,13H2,1-2H3. The molecular formula is C21H26N2O2. The lowest BCUT2D eigenvalue weighted by molar-refractivity contribution is 0.0714. The van der Waals surface area contributed by atoms with Gasteiger partial charge in [-0.05, 0) is 68.9 Å². The molecule has 1 unspecified atom stereocenters. The van der Waals surface area contributed by atoms with Crippen molar-refractivity contribution < 1.29 is 9.90 Å². The van der Waals surface area contributed by atoms with Crippen molar-refractivity contribution >= 4 is 5.91 Å². The Morgan fingerprint density at radius 3 is 2.88 bits per heavy atom. The number of aromatic nitrogens is 1. The Labute approximate surface area is 149 Å². The molecule has 1 aliphatic heterocycles. The summed E-state index contributed by atoms with van der Waals surface area (Å²) in [5, 5.41) is 9.91. The van der Waals surface area contributed by atoms with Crippen molar-refractivity contribution in [2.75, 3.05) is 6.54 Å². The molecule has 0 bridgehead atoms. The van der Waals surface area contributed by atoms with E-state index in [2.05, 4.69) is 4.98 Å². The van der Waals surface area contributed by atoms with E-state index >= 15 is 0 Å². The number of likely N-dealkylation sites (tertiary alicyclic amines) is 1. The van der Waals surface area contributed by atoms with Gasteiger partial charge in [0.05, 0.1) is 11.6 Å². The lowest BCUT2D eigenvalue weighted by Gasteiger charge is -2.25. The highest BCUT2D eigenvalue weighted by Gasteiger charge is 2.30. The van der Waals surface area contributed by atoms with Gasteiger partial charge in [0.2, 0.25) is 0 Å². The van der Waals surface area contributed by atoms with Gasteiger partial charge in [-0.1, -0.05) is 18.2 Å². The van der Waals surface area contributed by atoms with E-state index in [1.807, 2.05) is 61.3 Å². The van der Waals surface area contributed by atoms with Crippen LogP contribution >= 0.6 is 0 Å². The van der Waals surface area contributed by atoms with Crippen molar-refractivity contribution in [1.82, 2.24) is 9.88 Å². The Hall–Kier alpha value is -2.20. The van der Waals surface area contributed by atoms with Gasteiger partial charge < -0.3 is 10.0 Å². The first-order valence-corrected chi connectivity index (χ1v) is 8.96. The third kappa shape index (κ3) is 4.45. The van der Waals surface area contributed by atoms with Crippen LogP contribution < -0.4 is 0 Å². The van der Waals surface area contributed by atoms with Crippen molar-refractivity contribution in [3.05, 3.63) is 65.5 Å². The minimum absolute atomic E-state index is 0.0801. The summed E-state index contributed by atoms with van der Waals surface area (Å²) in [5.74, 6) is 0.0801. The van der Waals surface area contributed by atoms with E-state index < -0.39 is 5.60 Å². The zero-order valence-corrected chi connectivity index (χ0v) is 15.0. The lowest BCUT2D eigenvalue weighted by Crippen LogP contribution is -2.30. The number of aryl methyl sites for hydroxylation is 1. The van der Waals surface area contributed by atoms with E-state index in [0.717, 1.165) is 42.5 Å². The molecule has 1 aliphatic rings. The maximum absolute atomic E-state index is 13.0. The molecule has 2 heterocycles. The Morgan fingerprint density at radius 1 is 1.32 bits per heavy atom. The molecule has 1 fully saturated rings. The van der Waals surface area contributed by atoms with Crippen LogP contribution in [0.1, 0.15) is 60.6 Å². The molecule has 0 saturated carbocycles. The molecule has 1 N–H and O–H groups in total. The first kappa shape index (κ1) is 17.6. The Kier molecular flexibility index (Phi) is 5.19.